The van der Waals surface area contributed by atoms with Crippen LogP contribution in [0.15, 0.2) is 70.5 Å². The van der Waals surface area contributed by atoms with E-state index in [1.165, 1.54) is 15.6 Å². The van der Waals surface area contributed by atoms with Gasteiger partial charge in [0.25, 0.3) is 10.0 Å². The minimum atomic E-state index is -3.53. The van der Waals surface area contributed by atoms with Crippen LogP contribution in [-0.4, -0.2) is 72.8 Å². The van der Waals surface area contributed by atoms with Crippen molar-refractivity contribution in [2.45, 2.75) is 22.5 Å². The Labute approximate surface area is 203 Å². The van der Waals surface area contributed by atoms with Gasteiger partial charge in [0.15, 0.2) is 0 Å². The highest BCUT2D eigenvalue weighted by Gasteiger charge is 2.47. The van der Waals surface area contributed by atoms with E-state index in [0.717, 1.165) is 5.56 Å². The Morgan fingerprint density at radius 3 is 2.15 bits per heavy atom. The molecule has 3 aromatic rings. The predicted molar refractivity (Wildman–Crippen MR) is 131 cm³/mol. The average Bonchev–Trinajstić information content (AvgIpc) is 3.46. The highest BCUT2D eigenvalue weighted by molar-refractivity contribution is 7.91. The molecule has 1 amide bonds. The molecule has 8 nitrogen and oxygen atoms in total. The van der Waals surface area contributed by atoms with E-state index in [1.54, 1.807) is 36.0 Å². The zero-order valence-corrected chi connectivity index (χ0v) is 20.4. The molecule has 178 valence electrons. The highest BCUT2D eigenvalue weighted by Crippen LogP contribution is 2.39. The van der Waals surface area contributed by atoms with Gasteiger partial charge in [-0.25, -0.2) is 18.4 Å². The van der Waals surface area contributed by atoms with Gasteiger partial charge in [0.2, 0.25) is 11.9 Å². The maximum Gasteiger partial charge on any atom is 0.252 e. The molecule has 2 aliphatic heterocycles. The summed E-state index contributed by atoms with van der Waals surface area (Å²) in [5, 5.41) is 1.77. The first-order valence-electron chi connectivity index (χ1n) is 11.4. The minimum absolute atomic E-state index is 0.0838. The Bertz CT molecular complexity index is 1200. The van der Waals surface area contributed by atoms with Gasteiger partial charge in [-0.05, 0) is 35.9 Å². The smallest absolute Gasteiger partial charge is 0.252 e. The van der Waals surface area contributed by atoms with Crippen LogP contribution in [0.5, 0.6) is 0 Å². The molecule has 2 saturated heterocycles. The van der Waals surface area contributed by atoms with Crippen molar-refractivity contribution >= 4 is 33.2 Å². The number of thiophene rings is 1. The molecule has 4 heterocycles. The summed E-state index contributed by atoms with van der Waals surface area (Å²) in [4.78, 5) is 26.7. The molecule has 0 saturated carbocycles. The molecule has 34 heavy (non-hydrogen) atoms. The Balaban J connectivity index is 1.35. The van der Waals surface area contributed by atoms with E-state index < -0.39 is 15.4 Å². The van der Waals surface area contributed by atoms with Gasteiger partial charge >= 0.3 is 0 Å². The monoisotopic (exact) mass is 497 g/mol. The first-order valence-corrected chi connectivity index (χ1v) is 13.7. The van der Waals surface area contributed by atoms with Gasteiger partial charge < -0.3 is 9.80 Å². The van der Waals surface area contributed by atoms with Gasteiger partial charge in [-0.3, -0.25) is 4.79 Å². The molecule has 10 heteroatoms. The predicted octanol–water partition coefficient (Wildman–Crippen LogP) is 2.61. The number of anilines is 1. The van der Waals surface area contributed by atoms with E-state index in [4.69, 9.17) is 0 Å². The number of nitrogens with zero attached hydrogens (tertiary/aromatic N) is 5. The summed E-state index contributed by atoms with van der Waals surface area (Å²) < 4.78 is 28.0. The third-order valence-corrected chi connectivity index (χ3v) is 10.1. The lowest BCUT2D eigenvalue weighted by Crippen LogP contribution is -2.58. The number of hydrogen-bond donors (Lipinski definition) is 0. The third-order valence-electron chi connectivity index (χ3n) is 6.80. The van der Waals surface area contributed by atoms with Crippen LogP contribution >= 0.6 is 11.3 Å². The lowest BCUT2D eigenvalue weighted by molar-refractivity contribution is -0.139. The van der Waals surface area contributed by atoms with Crippen molar-refractivity contribution < 1.29 is 13.2 Å². The number of amides is 1. The van der Waals surface area contributed by atoms with E-state index in [0.29, 0.717) is 62.3 Å². The molecular weight excluding hydrogens is 470 g/mol. The number of aromatic nitrogens is 2. The molecule has 0 spiro atoms. The molecule has 0 N–H and O–H groups in total. The topological polar surface area (TPSA) is 86.7 Å². The van der Waals surface area contributed by atoms with Crippen LogP contribution in [0, 0.1) is 0 Å². The average molecular weight is 498 g/mol. The van der Waals surface area contributed by atoms with Gasteiger partial charge in [0, 0.05) is 51.7 Å². The van der Waals surface area contributed by atoms with Gasteiger partial charge in [-0.2, -0.15) is 4.31 Å². The molecule has 0 unspecified atom stereocenters. The molecule has 0 bridgehead atoms. The number of hydrogen-bond acceptors (Lipinski definition) is 7. The molecule has 2 fully saturated rings. The summed E-state index contributed by atoms with van der Waals surface area (Å²) in [5.74, 6) is 0.764. The molecular formula is C24H27N5O3S2. The lowest BCUT2D eigenvalue weighted by Gasteiger charge is -2.45. The highest BCUT2D eigenvalue weighted by atomic mass is 32.2. The van der Waals surface area contributed by atoms with Crippen molar-refractivity contribution in [1.29, 1.82) is 0 Å². The van der Waals surface area contributed by atoms with Crippen LogP contribution in [0.3, 0.4) is 0 Å². The van der Waals surface area contributed by atoms with Gasteiger partial charge in [-0.1, -0.05) is 36.4 Å². The van der Waals surface area contributed by atoms with E-state index in [-0.39, 0.29) is 5.91 Å². The maximum absolute atomic E-state index is 14.0. The molecule has 0 atom stereocenters. The van der Waals surface area contributed by atoms with Crippen molar-refractivity contribution in [2.75, 3.05) is 44.2 Å². The summed E-state index contributed by atoms with van der Waals surface area (Å²) in [6.45, 7) is 3.14. The first kappa shape index (κ1) is 22.9. The molecule has 2 aliphatic rings. The Kier molecular flexibility index (Phi) is 6.37. The minimum Gasteiger partial charge on any atom is -0.338 e. The first-order chi connectivity index (χ1) is 16.5. The van der Waals surface area contributed by atoms with Crippen molar-refractivity contribution in [1.82, 2.24) is 19.2 Å². The normalized spacial score (nSPS) is 19.2. The Hall–Kier alpha value is -2.82. The summed E-state index contributed by atoms with van der Waals surface area (Å²) in [6, 6.07) is 15.0. The Morgan fingerprint density at radius 2 is 1.53 bits per heavy atom. The molecule has 0 aliphatic carbocycles. The van der Waals surface area contributed by atoms with E-state index in [9.17, 15) is 13.2 Å². The molecule has 0 radical (unpaired) electrons. The van der Waals surface area contributed by atoms with Crippen LogP contribution in [-0.2, 0) is 20.2 Å². The van der Waals surface area contributed by atoms with E-state index >= 15 is 0 Å². The van der Waals surface area contributed by atoms with E-state index in [2.05, 4.69) is 14.9 Å². The van der Waals surface area contributed by atoms with Crippen molar-refractivity contribution in [3.05, 3.63) is 71.9 Å². The van der Waals surface area contributed by atoms with Crippen LogP contribution < -0.4 is 4.90 Å². The fourth-order valence-electron chi connectivity index (χ4n) is 4.90. The summed E-state index contributed by atoms with van der Waals surface area (Å²) >= 11 is 1.23. The molecule has 1 aromatic carbocycles. The number of piperazine rings is 1. The molecule has 2 aromatic heterocycles. The number of rotatable bonds is 5. The van der Waals surface area contributed by atoms with Crippen molar-refractivity contribution in [3.63, 3.8) is 0 Å². The molecule has 5 rings (SSSR count). The second kappa shape index (κ2) is 9.44. The second-order valence-corrected chi connectivity index (χ2v) is 11.7. The van der Waals surface area contributed by atoms with Crippen molar-refractivity contribution in [3.8, 4) is 0 Å². The number of piperidine rings is 1. The van der Waals surface area contributed by atoms with Crippen LogP contribution in [0.25, 0.3) is 0 Å². The Morgan fingerprint density at radius 1 is 0.853 bits per heavy atom. The van der Waals surface area contributed by atoms with Crippen LogP contribution in [0.1, 0.15) is 18.4 Å². The fourth-order valence-corrected chi connectivity index (χ4v) is 7.48. The zero-order valence-electron chi connectivity index (χ0n) is 18.8. The van der Waals surface area contributed by atoms with Gasteiger partial charge in [0.1, 0.15) is 4.21 Å². The largest absolute Gasteiger partial charge is 0.338 e. The van der Waals surface area contributed by atoms with Crippen molar-refractivity contribution in [2.24, 2.45) is 0 Å². The number of carbonyl (C=O) groups is 1. The summed E-state index contributed by atoms with van der Waals surface area (Å²) in [6.07, 6.45) is 4.37. The summed E-state index contributed by atoms with van der Waals surface area (Å²) in [5.41, 5.74) is 0.232. The number of carbonyl (C=O) groups excluding carboxylic acids is 1. The third kappa shape index (κ3) is 4.21. The van der Waals surface area contributed by atoms with Crippen LogP contribution in [0.2, 0.25) is 0 Å². The zero-order chi connectivity index (χ0) is 23.6. The van der Waals surface area contributed by atoms with Gasteiger partial charge in [-0.15, -0.1) is 11.3 Å². The quantitative estimate of drug-likeness (QED) is 0.539. The SMILES string of the molecule is O=C(N1CCN(c2ncccn2)CC1)C1(c2ccccc2)CCN(S(=O)(=O)c2cccs2)CC1. The number of sulfonamides is 1. The summed E-state index contributed by atoms with van der Waals surface area (Å²) in [7, 11) is -3.53. The second-order valence-electron chi connectivity index (χ2n) is 8.61. The fraction of sp³-hybridized carbons (Fsp3) is 0.375. The number of benzene rings is 1. The lowest BCUT2D eigenvalue weighted by atomic mass is 9.72. The van der Waals surface area contributed by atoms with Gasteiger partial charge in [0.05, 0.1) is 5.41 Å². The van der Waals surface area contributed by atoms with Crippen LogP contribution in [0.4, 0.5) is 5.95 Å². The maximum atomic E-state index is 14.0. The standard InChI is InChI=1S/C24H27N5O3S2/c30-22(27-15-17-28(18-16-27)23-25-11-5-12-26-23)24(20-6-2-1-3-7-20)9-13-29(14-10-24)34(31,32)21-8-4-19-33-21/h1-8,11-12,19H,9-10,13-18H2. The van der Waals surface area contributed by atoms with E-state index in [1.807, 2.05) is 35.2 Å².